The Bertz CT molecular complexity index is 769. The number of amides is 2. The quantitative estimate of drug-likeness (QED) is 0.639. The van der Waals surface area contributed by atoms with Crippen LogP contribution in [0, 0.1) is 13.8 Å². The Morgan fingerprint density at radius 3 is 2.48 bits per heavy atom. The Kier molecular flexibility index (Phi) is 5.71. The summed E-state index contributed by atoms with van der Waals surface area (Å²) in [6, 6.07) is 13.0. The molecule has 23 heavy (non-hydrogen) atoms. The van der Waals surface area contributed by atoms with Crippen LogP contribution in [0.4, 0.5) is 0 Å². The van der Waals surface area contributed by atoms with Gasteiger partial charge in [-0.1, -0.05) is 46.3 Å². The summed E-state index contributed by atoms with van der Waals surface area (Å²) in [6.07, 6.45) is 3.05. The van der Waals surface area contributed by atoms with E-state index in [-0.39, 0.29) is 5.91 Å². The Morgan fingerprint density at radius 1 is 1.04 bits per heavy atom. The van der Waals surface area contributed by atoms with E-state index in [4.69, 9.17) is 0 Å². The smallest absolute Gasteiger partial charge is 0.268 e. The van der Waals surface area contributed by atoms with Crippen LogP contribution in [0.5, 0.6) is 0 Å². The summed E-state index contributed by atoms with van der Waals surface area (Å²) >= 11 is 3.45. The van der Waals surface area contributed by atoms with Crippen LogP contribution in [0.2, 0.25) is 0 Å². The van der Waals surface area contributed by atoms with Crippen molar-refractivity contribution < 1.29 is 9.59 Å². The minimum Gasteiger partial charge on any atom is -0.268 e. The molecule has 0 aliphatic heterocycles. The van der Waals surface area contributed by atoms with Gasteiger partial charge in [0.25, 0.3) is 11.8 Å². The zero-order chi connectivity index (χ0) is 16.8. The molecular weight excluding hydrogens is 356 g/mol. The van der Waals surface area contributed by atoms with Gasteiger partial charge in [0.15, 0.2) is 0 Å². The minimum atomic E-state index is -0.403. The largest absolute Gasteiger partial charge is 0.269 e. The van der Waals surface area contributed by atoms with Crippen LogP contribution in [0.1, 0.15) is 27.0 Å². The van der Waals surface area contributed by atoms with Gasteiger partial charge in [0.2, 0.25) is 0 Å². The molecule has 5 heteroatoms. The van der Waals surface area contributed by atoms with Crippen LogP contribution in [0.25, 0.3) is 6.08 Å². The molecule has 0 atom stereocenters. The predicted molar refractivity (Wildman–Crippen MR) is 94.7 cm³/mol. The van der Waals surface area contributed by atoms with Crippen LogP contribution < -0.4 is 10.9 Å². The zero-order valence-corrected chi connectivity index (χ0v) is 14.5. The van der Waals surface area contributed by atoms with E-state index < -0.39 is 5.91 Å². The van der Waals surface area contributed by atoms with Crippen molar-refractivity contribution in [3.8, 4) is 0 Å². The van der Waals surface area contributed by atoms with Gasteiger partial charge in [-0.05, 0) is 48.7 Å². The van der Waals surface area contributed by atoms with E-state index in [9.17, 15) is 9.59 Å². The van der Waals surface area contributed by atoms with Gasteiger partial charge in [-0.2, -0.15) is 0 Å². The lowest BCUT2D eigenvalue weighted by molar-refractivity contribution is -0.117. The van der Waals surface area contributed by atoms with E-state index in [1.54, 1.807) is 18.2 Å². The molecule has 0 aliphatic carbocycles. The Hall–Kier alpha value is -2.40. The number of nitrogens with one attached hydrogen (secondary N) is 2. The van der Waals surface area contributed by atoms with Crippen molar-refractivity contribution in [3.63, 3.8) is 0 Å². The summed E-state index contributed by atoms with van der Waals surface area (Å²) in [5.74, 6) is -0.749. The van der Waals surface area contributed by atoms with Crippen molar-refractivity contribution >= 4 is 33.8 Å². The lowest BCUT2D eigenvalue weighted by atomic mass is 10.1. The first-order chi connectivity index (χ1) is 11.0. The fraction of sp³-hybridized carbons (Fsp3) is 0.111. The molecule has 2 rings (SSSR count). The SMILES string of the molecule is Cc1ccc(/C=C/C(=O)NNC(=O)c2ccccc2C)c(Br)c1. The Morgan fingerprint density at radius 2 is 1.78 bits per heavy atom. The van der Waals surface area contributed by atoms with Gasteiger partial charge >= 0.3 is 0 Å². The monoisotopic (exact) mass is 372 g/mol. The lowest BCUT2D eigenvalue weighted by Gasteiger charge is -2.07. The number of carbonyl (C=O) groups excluding carboxylic acids is 2. The Balaban J connectivity index is 1.94. The average Bonchev–Trinajstić information content (AvgIpc) is 2.52. The zero-order valence-electron chi connectivity index (χ0n) is 12.9. The van der Waals surface area contributed by atoms with Gasteiger partial charge in [0, 0.05) is 16.1 Å². The number of benzene rings is 2. The molecule has 0 radical (unpaired) electrons. The van der Waals surface area contributed by atoms with Crippen LogP contribution in [-0.2, 0) is 4.79 Å². The highest BCUT2D eigenvalue weighted by Crippen LogP contribution is 2.19. The third-order valence-corrected chi connectivity index (χ3v) is 3.95. The predicted octanol–water partition coefficient (Wildman–Crippen LogP) is 3.54. The summed E-state index contributed by atoms with van der Waals surface area (Å²) in [4.78, 5) is 23.8. The maximum Gasteiger partial charge on any atom is 0.269 e. The standard InChI is InChI=1S/C18H17BrN2O2/c1-12-7-8-14(16(19)11-12)9-10-17(22)20-21-18(23)15-6-4-3-5-13(15)2/h3-11H,1-2H3,(H,20,22)(H,21,23)/b10-9+. The number of hydrogen-bond acceptors (Lipinski definition) is 2. The normalized spacial score (nSPS) is 10.6. The van der Waals surface area contributed by atoms with Gasteiger partial charge in [-0.15, -0.1) is 0 Å². The second-order valence-electron chi connectivity index (χ2n) is 5.12. The molecule has 0 aliphatic rings. The van der Waals surface area contributed by atoms with E-state index >= 15 is 0 Å². The molecule has 2 aromatic carbocycles. The lowest BCUT2D eigenvalue weighted by Crippen LogP contribution is -2.41. The van der Waals surface area contributed by atoms with Crippen molar-refractivity contribution in [2.45, 2.75) is 13.8 Å². The molecule has 0 aromatic heterocycles. The van der Waals surface area contributed by atoms with Crippen LogP contribution in [0.15, 0.2) is 53.0 Å². The molecule has 4 nitrogen and oxygen atoms in total. The van der Waals surface area contributed by atoms with Crippen LogP contribution >= 0.6 is 15.9 Å². The maximum absolute atomic E-state index is 12.0. The van der Waals surface area contributed by atoms with Crippen molar-refractivity contribution in [1.82, 2.24) is 10.9 Å². The Labute approximate surface area is 143 Å². The minimum absolute atomic E-state index is 0.346. The van der Waals surface area contributed by atoms with E-state index in [1.165, 1.54) is 6.08 Å². The topological polar surface area (TPSA) is 58.2 Å². The molecular formula is C18H17BrN2O2. The number of hydrazine groups is 1. The highest BCUT2D eigenvalue weighted by atomic mass is 79.9. The average molecular weight is 373 g/mol. The summed E-state index contributed by atoms with van der Waals surface area (Å²) in [5, 5.41) is 0. The number of aryl methyl sites for hydroxylation is 2. The number of rotatable bonds is 3. The first-order valence-electron chi connectivity index (χ1n) is 7.07. The summed E-state index contributed by atoms with van der Waals surface area (Å²) < 4.78 is 0.908. The number of halogens is 1. The van der Waals surface area contributed by atoms with E-state index in [1.807, 2.05) is 44.2 Å². The van der Waals surface area contributed by atoms with Crippen molar-refractivity contribution in [3.05, 3.63) is 75.3 Å². The first kappa shape index (κ1) is 17.0. The molecule has 2 N–H and O–H groups in total. The van der Waals surface area contributed by atoms with Crippen molar-refractivity contribution in [2.24, 2.45) is 0 Å². The van der Waals surface area contributed by atoms with Crippen molar-refractivity contribution in [1.29, 1.82) is 0 Å². The van der Waals surface area contributed by atoms with E-state index in [2.05, 4.69) is 26.8 Å². The van der Waals surface area contributed by atoms with Crippen LogP contribution in [-0.4, -0.2) is 11.8 Å². The first-order valence-corrected chi connectivity index (χ1v) is 7.87. The second kappa shape index (κ2) is 7.74. The second-order valence-corrected chi connectivity index (χ2v) is 5.97. The molecule has 0 bridgehead atoms. The summed E-state index contributed by atoms with van der Waals surface area (Å²) in [7, 11) is 0. The molecule has 2 amide bonds. The molecule has 0 unspecified atom stereocenters. The highest BCUT2D eigenvalue weighted by molar-refractivity contribution is 9.10. The third kappa shape index (κ3) is 4.79. The van der Waals surface area contributed by atoms with Gasteiger partial charge in [-0.25, -0.2) is 0 Å². The van der Waals surface area contributed by atoms with Crippen molar-refractivity contribution in [2.75, 3.05) is 0 Å². The fourth-order valence-corrected chi connectivity index (χ4v) is 2.61. The number of carbonyl (C=O) groups is 2. The fourth-order valence-electron chi connectivity index (χ4n) is 1.99. The van der Waals surface area contributed by atoms with Gasteiger partial charge in [0.05, 0.1) is 0 Å². The molecule has 0 saturated heterocycles. The van der Waals surface area contributed by atoms with Crippen LogP contribution in [0.3, 0.4) is 0 Å². The third-order valence-electron chi connectivity index (χ3n) is 3.26. The van der Waals surface area contributed by atoms with Gasteiger partial charge in [0.1, 0.15) is 0 Å². The van der Waals surface area contributed by atoms with Gasteiger partial charge in [-0.3, -0.25) is 20.4 Å². The molecule has 0 heterocycles. The van der Waals surface area contributed by atoms with E-state index in [0.29, 0.717) is 5.56 Å². The number of hydrogen-bond donors (Lipinski definition) is 2. The maximum atomic E-state index is 12.0. The van der Waals surface area contributed by atoms with Gasteiger partial charge < -0.3 is 0 Å². The molecule has 0 saturated carbocycles. The summed E-state index contributed by atoms with van der Waals surface area (Å²) in [6.45, 7) is 3.83. The summed E-state index contributed by atoms with van der Waals surface area (Å²) in [5.41, 5.74) is 8.15. The molecule has 2 aromatic rings. The molecule has 118 valence electrons. The van der Waals surface area contributed by atoms with E-state index in [0.717, 1.165) is 21.2 Å². The molecule has 0 fully saturated rings. The highest BCUT2D eigenvalue weighted by Gasteiger charge is 2.08. The molecule has 0 spiro atoms.